The first kappa shape index (κ1) is 24.0. The Morgan fingerprint density at radius 2 is 1.87 bits per heavy atom. The van der Waals surface area contributed by atoms with Gasteiger partial charge in [0.25, 0.3) is 0 Å². The highest BCUT2D eigenvalue weighted by Crippen LogP contribution is 2.25. The molecule has 1 aromatic rings. The van der Waals surface area contributed by atoms with E-state index in [1.807, 2.05) is 19.1 Å². The second-order valence-electron chi connectivity index (χ2n) is 7.89. The number of rotatable bonds is 10. The average molecular weight is 418 g/mol. The summed E-state index contributed by atoms with van der Waals surface area (Å²) in [6.45, 7) is 7.62. The van der Waals surface area contributed by atoms with Gasteiger partial charge in [-0.05, 0) is 57.0 Å². The number of carbonyl (C=O) groups is 1. The van der Waals surface area contributed by atoms with Gasteiger partial charge < -0.3 is 20.7 Å². The van der Waals surface area contributed by atoms with Crippen molar-refractivity contribution < 1.29 is 9.53 Å². The minimum atomic E-state index is 0.0664. The van der Waals surface area contributed by atoms with Crippen LogP contribution in [0, 0.1) is 0 Å². The molecule has 3 N–H and O–H groups in total. The van der Waals surface area contributed by atoms with Crippen LogP contribution in [0.2, 0.25) is 0 Å². The van der Waals surface area contributed by atoms with Crippen LogP contribution in [-0.2, 0) is 4.79 Å². The van der Waals surface area contributed by atoms with E-state index in [-0.39, 0.29) is 18.0 Å². The van der Waals surface area contributed by atoms with E-state index in [1.54, 1.807) is 14.2 Å². The summed E-state index contributed by atoms with van der Waals surface area (Å²) in [4.78, 5) is 18.8. The summed E-state index contributed by atoms with van der Waals surface area (Å²) < 4.78 is 5.31. The van der Waals surface area contributed by atoms with E-state index < -0.39 is 0 Å². The second-order valence-corrected chi connectivity index (χ2v) is 7.89. The quantitative estimate of drug-likeness (QED) is 0.403. The zero-order valence-corrected chi connectivity index (χ0v) is 19.0. The number of nitrogens with zero attached hydrogens (tertiary/aromatic N) is 2. The third-order valence-electron chi connectivity index (χ3n) is 5.68. The van der Waals surface area contributed by atoms with Crippen molar-refractivity contribution in [3.63, 3.8) is 0 Å². The van der Waals surface area contributed by atoms with Crippen molar-refractivity contribution in [3.8, 4) is 5.75 Å². The SMILES string of the molecule is CCC(C)NC(=O)CCNC(=NC)NCC(c1ccc(OC)cc1)N1CCCCC1. The van der Waals surface area contributed by atoms with Gasteiger partial charge in [0.1, 0.15) is 5.75 Å². The molecule has 1 amide bonds. The van der Waals surface area contributed by atoms with Gasteiger partial charge in [0, 0.05) is 32.6 Å². The topological polar surface area (TPSA) is 78.0 Å². The Kier molecular flexibility index (Phi) is 10.5. The lowest BCUT2D eigenvalue weighted by Crippen LogP contribution is -2.45. The Bertz CT molecular complexity index is 656. The van der Waals surface area contributed by atoms with E-state index in [0.717, 1.165) is 37.8 Å². The van der Waals surface area contributed by atoms with Crippen molar-refractivity contribution in [2.45, 2.75) is 58.0 Å². The van der Waals surface area contributed by atoms with Gasteiger partial charge in [0.2, 0.25) is 5.91 Å². The second kappa shape index (κ2) is 13.1. The van der Waals surface area contributed by atoms with E-state index in [1.165, 1.54) is 24.8 Å². The van der Waals surface area contributed by atoms with E-state index in [4.69, 9.17) is 4.74 Å². The summed E-state index contributed by atoms with van der Waals surface area (Å²) in [6.07, 6.45) is 5.15. The van der Waals surface area contributed by atoms with Gasteiger partial charge >= 0.3 is 0 Å². The van der Waals surface area contributed by atoms with Crippen molar-refractivity contribution >= 4 is 11.9 Å². The minimum absolute atomic E-state index is 0.0664. The van der Waals surface area contributed by atoms with Gasteiger partial charge in [-0.15, -0.1) is 0 Å². The molecule has 2 atom stereocenters. The summed E-state index contributed by atoms with van der Waals surface area (Å²) in [7, 11) is 3.45. The molecule has 1 aromatic carbocycles. The molecule has 7 heteroatoms. The zero-order chi connectivity index (χ0) is 21.8. The first-order valence-corrected chi connectivity index (χ1v) is 11.2. The van der Waals surface area contributed by atoms with Crippen LogP contribution in [0.5, 0.6) is 5.75 Å². The maximum absolute atomic E-state index is 12.0. The molecule has 2 unspecified atom stereocenters. The number of hydrogen-bond donors (Lipinski definition) is 3. The smallest absolute Gasteiger partial charge is 0.221 e. The molecular weight excluding hydrogens is 378 g/mol. The fourth-order valence-corrected chi connectivity index (χ4v) is 3.67. The lowest BCUT2D eigenvalue weighted by Gasteiger charge is -2.35. The molecule has 168 valence electrons. The number of methoxy groups -OCH3 is 1. The Hall–Kier alpha value is -2.28. The standard InChI is InChI=1S/C23H39N5O2/c1-5-18(2)27-22(29)13-14-25-23(24-3)26-17-21(28-15-7-6-8-16-28)19-9-11-20(30-4)12-10-19/h9-12,18,21H,5-8,13-17H2,1-4H3,(H,27,29)(H2,24,25,26). The number of hydrogen-bond acceptors (Lipinski definition) is 4. The average Bonchev–Trinajstić information content (AvgIpc) is 2.79. The number of ether oxygens (including phenoxy) is 1. The first-order chi connectivity index (χ1) is 14.6. The van der Waals surface area contributed by atoms with Crippen LogP contribution in [0.25, 0.3) is 0 Å². The van der Waals surface area contributed by atoms with Gasteiger partial charge in [0.15, 0.2) is 5.96 Å². The highest BCUT2D eigenvalue weighted by molar-refractivity contribution is 5.81. The molecule has 0 bridgehead atoms. The van der Waals surface area contributed by atoms with Crippen LogP contribution in [0.15, 0.2) is 29.3 Å². The first-order valence-electron chi connectivity index (χ1n) is 11.2. The number of nitrogens with one attached hydrogen (secondary N) is 3. The van der Waals surface area contributed by atoms with E-state index in [2.05, 4.69) is 44.9 Å². The zero-order valence-electron chi connectivity index (χ0n) is 19.0. The van der Waals surface area contributed by atoms with Gasteiger partial charge in [-0.1, -0.05) is 25.5 Å². The molecule has 30 heavy (non-hydrogen) atoms. The number of guanidine groups is 1. The van der Waals surface area contributed by atoms with Crippen LogP contribution >= 0.6 is 0 Å². The molecule has 1 aliphatic rings. The summed E-state index contributed by atoms with van der Waals surface area (Å²) in [5, 5.41) is 9.70. The van der Waals surface area contributed by atoms with Crippen LogP contribution < -0.4 is 20.7 Å². The molecule has 1 fully saturated rings. The monoisotopic (exact) mass is 417 g/mol. The fourth-order valence-electron chi connectivity index (χ4n) is 3.67. The molecule has 1 heterocycles. The van der Waals surface area contributed by atoms with Gasteiger partial charge in [-0.25, -0.2) is 0 Å². The Morgan fingerprint density at radius 3 is 2.47 bits per heavy atom. The van der Waals surface area contributed by atoms with E-state index in [9.17, 15) is 4.79 Å². The third kappa shape index (κ3) is 7.86. The predicted molar refractivity (Wildman–Crippen MR) is 123 cm³/mol. The van der Waals surface area contributed by atoms with E-state index in [0.29, 0.717) is 13.0 Å². The van der Waals surface area contributed by atoms with Crippen molar-refractivity contribution in [3.05, 3.63) is 29.8 Å². The van der Waals surface area contributed by atoms with Crippen molar-refractivity contribution in [2.75, 3.05) is 40.3 Å². The molecule has 0 spiro atoms. The predicted octanol–water partition coefficient (Wildman–Crippen LogP) is 2.69. The normalized spacial score (nSPS) is 17.1. The van der Waals surface area contributed by atoms with Gasteiger partial charge in [-0.3, -0.25) is 14.7 Å². The summed E-state index contributed by atoms with van der Waals surface area (Å²) in [6, 6.07) is 8.82. The molecular formula is C23H39N5O2. The summed E-state index contributed by atoms with van der Waals surface area (Å²) in [5.41, 5.74) is 1.27. The number of amides is 1. The fraction of sp³-hybridized carbons (Fsp3) is 0.652. The third-order valence-corrected chi connectivity index (χ3v) is 5.68. The Morgan fingerprint density at radius 1 is 1.17 bits per heavy atom. The maximum Gasteiger partial charge on any atom is 0.221 e. The van der Waals surface area contributed by atoms with Crippen LogP contribution in [-0.4, -0.2) is 63.1 Å². The van der Waals surface area contributed by atoms with E-state index >= 15 is 0 Å². The van der Waals surface area contributed by atoms with Crippen molar-refractivity contribution in [1.29, 1.82) is 0 Å². The molecule has 0 saturated carbocycles. The van der Waals surface area contributed by atoms with Gasteiger partial charge in [0.05, 0.1) is 13.2 Å². The molecule has 1 aliphatic heterocycles. The number of piperidine rings is 1. The number of carbonyl (C=O) groups excluding carboxylic acids is 1. The van der Waals surface area contributed by atoms with Crippen molar-refractivity contribution in [2.24, 2.45) is 4.99 Å². The molecule has 0 radical (unpaired) electrons. The lowest BCUT2D eigenvalue weighted by molar-refractivity contribution is -0.121. The van der Waals surface area contributed by atoms with Crippen LogP contribution in [0.1, 0.15) is 57.6 Å². The van der Waals surface area contributed by atoms with Crippen LogP contribution in [0.4, 0.5) is 0 Å². The highest BCUT2D eigenvalue weighted by atomic mass is 16.5. The molecule has 2 rings (SSSR count). The Labute approximate surface area is 181 Å². The minimum Gasteiger partial charge on any atom is -0.497 e. The number of benzene rings is 1. The maximum atomic E-state index is 12.0. The molecule has 7 nitrogen and oxygen atoms in total. The van der Waals surface area contributed by atoms with Gasteiger partial charge in [-0.2, -0.15) is 0 Å². The van der Waals surface area contributed by atoms with Crippen molar-refractivity contribution in [1.82, 2.24) is 20.9 Å². The molecule has 1 saturated heterocycles. The molecule has 0 aliphatic carbocycles. The largest absolute Gasteiger partial charge is 0.497 e. The number of likely N-dealkylation sites (tertiary alicyclic amines) is 1. The van der Waals surface area contributed by atoms with Crippen LogP contribution in [0.3, 0.4) is 0 Å². The lowest BCUT2D eigenvalue weighted by atomic mass is 10.0. The number of aliphatic imine (C=N–C) groups is 1. The Balaban J connectivity index is 1.91. The highest BCUT2D eigenvalue weighted by Gasteiger charge is 2.22. The summed E-state index contributed by atoms with van der Waals surface area (Å²) >= 11 is 0. The summed E-state index contributed by atoms with van der Waals surface area (Å²) in [5.74, 6) is 1.66. The molecule has 0 aromatic heterocycles.